The molecule has 0 N–H and O–H groups in total. The lowest BCUT2D eigenvalue weighted by atomic mass is 9.96. The quantitative estimate of drug-likeness (QED) is 0.742. The lowest BCUT2D eigenvalue weighted by Gasteiger charge is -2.21. The summed E-state index contributed by atoms with van der Waals surface area (Å²) in [5, 5.41) is 17.9. The van der Waals surface area contributed by atoms with Crippen LogP contribution in [0.15, 0.2) is 37.1 Å². The molecule has 4 rings (SSSR count). The Morgan fingerprint density at radius 3 is 3.00 bits per heavy atom. The zero-order chi connectivity index (χ0) is 15.6. The molecule has 1 aliphatic carbocycles. The largest absolute Gasteiger partial charge is 0.268 e. The summed E-state index contributed by atoms with van der Waals surface area (Å²) in [7, 11) is 0. The molecule has 6 nitrogen and oxygen atoms in total. The monoisotopic (exact) mass is 306 g/mol. The van der Waals surface area contributed by atoms with Gasteiger partial charge in [0.25, 0.3) is 0 Å². The lowest BCUT2D eigenvalue weighted by molar-refractivity contribution is 0.315. The summed E-state index contributed by atoms with van der Waals surface area (Å²) in [4.78, 5) is 4.42. The number of fused-ring (bicyclic) bond motifs is 1. The Hall–Kier alpha value is -2.68. The van der Waals surface area contributed by atoms with E-state index in [1.54, 1.807) is 6.33 Å². The van der Waals surface area contributed by atoms with Crippen molar-refractivity contribution in [3.8, 4) is 17.3 Å². The van der Waals surface area contributed by atoms with Crippen LogP contribution >= 0.6 is 0 Å². The molecule has 3 heterocycles. The van der Waals surface area contributed by atoms with Crippen molar-refractivity contribution < 1.29 is 0 Å². The maximum Gasteiger partial charge on any atom is 0.137 e. The summed E-state index contributed by atoms with van der Waals surface area (Å²) >= 11 is 0. The third-order valence-electron chi connectivity index (χ3n) is 4.79. The molecule has 1 unspecified atom stereocenters. The SMILES string of the molecule is N#CCC(C1CCCC1)n1cc(-c2ncnn3cccc23)cn1. The topological polar surface area (TPSA) is 71.8 Å². The summed E-state index contributed by atoms with van der Waals surface area (Å²) in [6.07, 6.45) is 12.7. The standard InChI is InChI=1S/C17H18N6/c18-8-7-15(13-4-1-2-5-13)23-11-14(10-20-23)17-16-6-3-9-22(16)21-12-19-17/h3,6,9-13,15H,1-2,4-5,7H2. The minimum absolute atomic E-state index is 0.167. The molecule has 3 aromatic heterocycles. The highest BCUT2D eigenvalue weighted by Crippen LogP contribution is 2.36. The van der Waals surface area contributed by atoms with Crippen molar-refractivity contribution >= 4 is 5.52 Å². The van der Waals surface area contributed by atoms with E-state index < -0.39 is 0 Å². The van der Waals surface area contributed by atoms with Gasteiger partial charge >= 0.3 is 0 Å². The van der Waals surface area contributed by atoms with Crippen molar-refractivity contribution in [2.45, 2.75) is 38.1 Å². The number of rotatable bonds is 4. The highest BCUT2D eigenvalue weighted by molar-refractivity contribution is 5.75. The molecule has 1 fully saturated rings. The number of aromatic nitrogens is 5. The van der Waals surface area contributed by atoms with Crippen LogP contribution < -0.4 is 0 Å². The van der Waals surface area contributed by atoms with Crippen molar-refractivity contribution in [3.05, 3.63) is 37.1 Å². The van der Waals surface area contributed by atoms with E-state index in [4.69, 9.17) is 0 Å². The molecule has 0 bridgehead atoms. The Labute approximate surface area is 134 Å². The van der Waals surface area contributed by atoms with Crippen LogP contribution in [0.3, 0.4) is 0 Å². The van der Waals surface area contributed by atoms with Crippen LogP contribution in [0.1, 0.15) is 38.1 Å². The summed E-state index contributed by atoms with van der Waals surface area (Å²) in [5.41, 5.74) is 2.81. The van der Waals surface area contributed by atoms with Gasteiger partial charge in [0.2, 0.25) is 0 Å². The fourth-order valence-electron chi connectivity index (χ4n) is 3.64. The molecule has 116 valence electrons. The lowest BCUT2D eigenvalue weighted by Crippen LogP contribution is -2.17. The summed E-state index contributed by atoms with van der Waals surface area (Å²) in [5.74, 6) is 0.557. The van der Waals surface area contributed by atoms with Crippen molar-refractivity contribution in [1.29, 1.82) is 5.26 Å². The van der Waals surface area contributed by atoms with Gasteiger partial charge in [-0.15, -0.1) is 0 Å². The van der Waals surface area contributed by atoms with Crippen LogP contribution in [-0.4, -0.2) is 24.4 Å². The second-order valence-corrected chi connectivity index (χ2v) is 6.13. The predicted octanol–water partition coefficient (Wildman–Crippen LogP) is 3.24. The smallest absolute Gasteiger partial charge is 0.137 e. The Morgan fingerprint density at radius 2 is 2.17 bits per heavy atom. The van der Waals surface area contributed by atoms with E-state index >= 15 is 0 Å². The Kier molecular flexibility index (Phi) is 3.54. The third-order valence-corrected chi connectivity index (χ3v) is 4.79. The van der Waals surface area contributed by atoms with Gasteiger partial charge in [0.05, 0.1) is 30.2 Å². The third kappa shape index (κ3) is 2.48. The zero-order valence-corrected chi connectivity index (χ0v) is 12.8. The summed E-state index contributed by atoms with van der Waals surface area (Å²) < 4.78 is 3.78. The molecular weight excluding hydrogens is 288 g/mol. The first-order valence-corrected chi connectivity index (χ1v) is 8.06. The molecule has 0 spiro atoms. The van der Waals surface area contributed by atoms with Crippen LogP contribution in [0, 0.1) is 17.2 Å². The molecule has 0 amide bonds. The van der Waals surface area contributed by atoms with Crippen LogP contribution in [0.5, 0.6) is 0 Å². The Bertz CT molecular complexity index is 849. The first-order chi connectivity index (χ1) is 11.4. The molecule has 1 atom stereocenters. The second-order valence-electron chi connectivity index (χ2n) is 6.13. The minimum Gasteiger partial charge on any atom is -0.268 e. The van der Waals surface area contributed by atoms with E-state index in [1.165, 1.54) is 25.7 Å². The molecule has 0 aliphatic heterocycles. The number of nitrogens with zero attached hydrogens (tertiary/aromatic N) is 6. The molecule has 0 saturated heterocycles. The minimum atomic E-state index is 0.167. The number of nitriles is 1. The van der Waals surface area contributed by atoms with Crippen molar-refractivity contribution in [3.63, 3.8) is 0 Å². The summed E-state index contributed by atoms with van der Waals surface area (Å²) in [6, 6.07) is 6.44. The Balaban J connectivity index is 1.70. The molecule has 1 aliphatic rings. The first-order valence-electron chi connectivity index (χ1n) is 8.06. The molecule has 0 radical (unpaired) electrons. The first kappa shape index (κ1) is 13.9. The summed E-state index contributed by atoms with van der Waals surface area (Å²) in [6.45, 7) is 0. The highest BCUT2D eigenvalue weighted by atomic mass is 15.3. The second kappa shape index (κ2) is 5.84. The van der Waals surface area contributed by atoms with Crippen LogP contribution in [0.4, 0.5) is 0 Å². The van der Waals surface area contributed by atoms with Gasteiger partial charge < -0.3 is 0 Å². The van der Waals surface area contributed by atoms with E-state index in [0.717, 1.165) is 16.8 Å². The van der Waals surface area contributed by atoms with Gasteiger partial charge in [-0.1, -0.05) is 12.8 Å². The molecule has 3 aromatic rings. The van der Waals surface area contributed by atoms with Gasteiger partial charge in [-0.2, -0.15) is 15.5 Å². The predicted molar refractivity (Wildman–Crippen MR) is 85.4 cm³/mol. The fourth-order valence-corrected chi connectivity index (χ4v) is 3.64. The average Bonchev–Trinajstić information content (AvgIpc) is 3.32. The maximum atomic E-state index is 9.18. The highest BCUT2D eigenvalue weighted by Gasteiger charge is 2.27. The van der Waals surface area contributed by atoms with Gasteiger partial charge in [0.15, 0.2) is 0 Å². The van der Waals surface area contributed by atoms with Crippen LogP contribution in [0.2, 0.25) is 0 Å². The van der Waals surface area contributed by atoms with Crippen molar-refractivity contribution in [2.75, 3.05) is 0 Å². The van der Waals surface area contributed by atoms with E-state index in [1.807, 2.05) is 39.9 Å². The van der Waals surface area contributed by atoms with E-state index in [-0.39, 0.29) is 6.04 Å². The van der Waals surface area contributed by atoms with Gasteiger partial charge in [0.1, 0.15) is 12.0 Å². The van der Waals surface area contributed by atoms with Crippen LogP contribution in [-0.2, 0) is 0 Å². The zero-order valence-electron chi connectivity index (χ0n) is 12.8. The fraction of sp³-hybridized carbons (Fsp3) is 0.412. The average molecular weight is 306 g/mol. The molecule has 23 heavy (non-hydrogen) atoms. The normalized spacial score (nSPS) is 16.7. The van der Waals surface area contributed by atoms with Gasteiger partial charge in [-0.3, -0.25) is 4.68 Å². The maximum absolute atomic E-state index is 9.18. The Morgan fingerprint density at radius 1 is 1.30 bits per heavy atom. The van der Waals surface area contributed by atoms with E-state index in [2.05, 4.69) is 21.3 Å². The molecule has 6 heteroatoms. The molecule has 0 aromatic carbocycles. The van der Waals surface area contributed by atoms with E-state index in [0.29, 0.717) is 12.3 Å². The number of hydrogen-bond acceptors (Lipinski definition) is 4. The van der Waals surface area contributed by atoms with Gasteiger partial charge in [0, 0.05) is 18.0 Å². The van der Waals surface area contributed by atoms with Crippen molar-refractivity contribution in [1.82, 2.24) is 24.4 Å². The van der Waals surface area contributed by atoms with Gasteiger partial charge in [-0.25, -0.2) is 9.50 Å². The van der Waals surface area contributed by atoms with Gasteiger partial charge in [-0.05, 0) is 30.9 Å². The van der Waals surface area contributed by atoms with E-state index in [9.17, 15) is 5.26 Å². The number of hydrogen-bond donors (Lipinski definition) is 0. The molecule has 1 saturated carbocycles. The van der Waals surface area contributed by atoms with Crippen LogP contribution in [0.25, 0.3) is 16.8 Å². The van der Waals surface area contributed by atoms with Crippen molar-refractivity contribution in [2.24, 2.45) is 5.92 Å². The molecular formula is C17H18N6.